The van der Waals surface area contributed by atoms with Gasteiger partial charge in [-0.2, -0.15) is 10.2 Å². The molecule has 0 radical (unpaired) electrons. The fourth-order valence-electron chi connectivity index (χ4n) is 4.12. The van der Waals surface area contributed by atoms with Crippen molar-refractivity contribution < 1.29 is 0 Å². The Hall–Kier alpha value is -4.66. The number of rotatable bonds is 3. The predicted molar refractivity (Wildman–Crippen MR) is 119 cm³/mol. The molecule has 32 heavy (non-hydrogen) atoms. The molecule has 0 aliphatic heterocycles. The monoisotopic (exact) mass is 420 g/mol. The predicted octanol–water partition coefficient (Wildman–Crippen LogP) is 2.96. The molecule has 1 atom stereocenters. The molecule has 154 valence electrons. The summed E-state index contributed by atoms with van der Waals surface area (Å²) in [5.41, 5.74) is 3.52. The van der Waals surface area contributed by atoms with Gasteiger partial charge in [0, 0.05) is 41.3 Å². The summed E-state index contributed by atoms with van der Waals surface area (Å²) >= 11 is 0. The van der Waals surface area contributed by atoms with E-state index in [1.807, 2.05) is 36.5 Å². The molecule has 3 N–H and O–H groups in total. The largest absolute Gasteiger partial charge is 0.306 e. The molecule has 1 aliphatic rings. The van der Waals surface area contributed by atoms with Gasteiger partial charge < -0.3 is 4.98 Å². The molecule has 4 aromatic heterocycles. The SMILES string of the molecule is N=C1C(c2cccc3[nH]ncc23)=CC(n2cccn2)c2nc(-c3ccncc3)[nH]c(=O)c21. The Morgan fingerprint density at radius 1 is 1.06 bits per heavy atom. The smallest absolute Gasteiger partial charge is 0.260 e. The maximum absolute atomic E-state index is 13.2. The van der Waals surface area contributed by atoms with E-state index in [1.165, 1.54) is 0 Å². The molecular weight excluding hydrogens is 404 g/mol. The number of benzene rings is 1. The van der Waals surface area contributed by atoms with Crippen molar-refractivity contribution in [3.05, 3.63) is 101 Å². The Bertz CT molecular complexity index is 1560. The van der Waals surface area contributed by atoms with Gasteiger partial charge >= 0.3 is 0 Å². The molecule has 9 heteroatoms. The standard InChI is InChI=1S/C23H16N8O/c24-20-15(14-3-1-4-17-16(14)12-26-30-17)11-18(31-10-2-7-27-31)21-19(20)23(32)29-22(28-21)13-5-8-25-9-6-13/h1-12,18,24H,(H,26,30)(H,28,29,32). The lowest BCUT2D eigenvalue weighted by molar-refractivity contribution is 0.594. The molecule has 0 saturated carbocycles. The van der Waals surface area contributed by atoms with Crippen LogP contribution in [0.25, 0.3) is 27.9 Å². The minimum atomic E-state index is -0.450. The number of nitrogens with zero attached hydrogens (tertiary/aromatic N) is 5. The van der Waals surface area contributed by atoms with Crippen LogP contribution in [0.15, 0.2) is 78.3 Å². The van der Waals surface area contributed by atoms with Crippen LogP contribution >= 0.6 is 0 Å². The van der Waals surface area contributed by atoms with Crippen LogP contribution < -0.4 is 5.56 Å². The van der Waals surface area contributed by atoms with Gasteiger partial charge in [-0.25, -0.2) is 4.98 Å². The summed E-state index contributed by atoms with van der Waals surface area (Å²) in [4.78, 5) is 24.9. The summed E-state index contributed by atoms with van der Waals surface area (Å²) in [6.07, 6.45) is 10.5. The van der Waals surface area contributed by atoms with Crippen molar-refractivity contribution in [2.75, 3.05) is 0 Å². The molecule has 5 aromatic rings. The van der Waals surface area contributed by atoms with E-state index < -0.39 is 6.04 Å². The summed E-state index contributed by atoms with van der Waals surface area (Å²) in [6.45, 7) is 0. The highest BCUT2D eigenvalue weighted by Crippen LogP contribution is 2.35. The first kappa shape index (κ1) is 18.1. The average molecular weight is 420 g/mol. The number of H-pyrrole nitrogens is 2. The van der Waals surface area contributed by atoms with Gasteiger partial charge in [0.05, 0.1) is 28.7 Å². The molecule has 0 amide bonds. The van der Waals surface area contributed by atoms with Crippen molar-refractivity contribution in [1.29, 1.82) is 5.41 Å². The number of allylic oxidation sites excluding steroid dienone is 2. The summed E-state index contributed by atoms with van der Waals surface area (Å²) in [5, 5.41) is 21.3. The third kappa shape index (κ3) is 2.72. The number of hydrogen-bond donors (Lipinski definition) is 3. The molecule has 9 nitrogen and oxygen atoms in total. The van der Waals surface area contributed by atoms with Gasteiger partial charge in [0.15, 0.2) is 0 Å². The second-order valence-electron chi connectivity index (χ2n) is 7.43. The number of fused-ring (bicyclic) bond motifs is 2. The van der Waals surface area contributed by atoms with Crippen LogP contribution in [0.1, 0.15) is 22.9 Å². The zero-order valence-electron chi connectivity index (χ0n) is 16.6. The lowest BCUT2D eigenvalue weighted by atomic mass is 9.86. The quantitative estimate of drug-likeness (QED) is 0.413. The van der Waals surface area contributed by atoms with E-state index in [4.69, 9.17) is 10.4 Å². The Balaban J connectivity index is 1.61. The Morgan fingerprint density at radius 3 is 2.75 bits per heavy atom. The minimum absolute atomic E-state index is 0.118. The maximum atomic E-state index is 13.2. The van der Waals surface area contributed by atoms with E-state index in [0.29, 0.717) is 17.1 Å². The highest BCUT2D eigenvalue weighted by molar-refractivity contribution is 6.33. The second-order valence-corrected chi connectivity index (χ2v) is 7.43. The van der Waals surface area contributed by atoms with E-state index in [1.54, 1.807) is 41.6 Å². The molecule has 0 saturated heterocycles. The number of pyridine rings is 1. The highest BCUT2D eigenvalue weighted by atomic mass is 16.1. The summed E-state index contributed by atoms with van der Waals surface area (Å²) in [5.74, 6) is 0.426. The molecule has 0 fully saturated rings. The highest BCUT2D eigenvalue weighted by Gasteiger charge is 2.32. The number of hydrogen-bond acceptors (Lipinski definition) is 6. The van der Waals surface area contributed by atoms with Crippen molar-refractivity contribution in [2.45, 2.75) is 6.04 Å². The van der Waals surface area contributed by atoms with Crippen molar-refractivity contribution in [3.63, 3.8) is 0 Å². The Morgan fingerprint density at radius 2 is 1.94 bits per heavy atom. The summed E-state index contributed by atoms with van der Waals surface area (Å²) in [7, 11) is 0. The van der Waals surface area contributed by atoms with Gasteiger partial charge in [0.1, 0.15) is 11.9 Å². The maximum Gasteiger partial charge on any atom is 0.260 e. The number of nitrogens with one attached hydrogen (secondary N) is 3. The first-order valence-electron chi connectivity index (χ1n) is 9.98. The average Bonchev–Trinajstić information content (AvgIpc) is 3.52. The minimum Gasteiger partial charge on any atom is -0.306 e. The number of aromatic nitrogens is 7. The molecule has 6 rings (SSSR count). The van der Waals surface area contributed by atoms with Crippen molar-refractivity contribution in [2.24, 2.45) is 0 Å². The zero-order valence-corrected chi connectivity index (χ0v) is 16.6. The van der Waals surface area contributed by atoms with Gasteiger partial charge in [0.2, 0.25) is 0 Å². The molecule has 4 heterocycles. The van der Waals surface area contributed by atoms with E-state index in [9.17, 15) is 4.79 Å². The van der Waals surface area contributed by atoms with Crippen LogP contribution in [0, 0.1) is 5.41 Å². The van der Waals surface area contributed by atoms with Crippen LogP contribution in [0.3, 0.4) is 0 Å². The van der Waals surface area contributed by atoms with Gasteiger partial charge in [-0.3, -0.25) is 25.0 Å². The van der Waals surface area contributed by atoms with Crippen molar-refractivity contribution in [3.8, 4) is 11.4 Å². The van der Waals surface area contributed by atoms with Crippen LogP contribution in [0.5, 0.6) is 0 Å². The van der Waals surface area contributed by atoms with Gasteiger partial charge in [0.25, 0.3) is 5.56 Å². The first-order chi connectivity index (χ1) is 15.7. The van der Waals surface area contributed by atoms with Crippen molar-refractivity contribution >= 4 is 22.2 Å². The second kappa shape index (κ2) is 6.95. The molecule has 1 aromatic carbocycles. The van der Waals surface area contributed by atoms with Crippen LogP contribution in [-0.4, -0.2) is 40.6 Å². The van der Waals surface area contributed by atoms with E-state index >= 15 is 0 Å². The van der Waals surface area contributed by atoms with Crippen LogP contribution in [0.4, 0.5) is 0 Å². The normalized spacial score (nSPS) is 15.6. The third-order valence-electron chi connectivity index (χ3n) is 5.61. The molecule has 1 aliphatic carbocycles. The molecule has 0 spiro atoms. The van der Waals surface area contributed by atoms with Crippen LogP contribution in [0.2, 0.25) is 0 Å². The van der Waals surface area contributed by atoms with Gasteiger partial charge in [-0.05, 0) is 35.9 Å². The third-order valence-corrected chi connectivity index (χ3v) is 5.61. The summed E-state index contributed by atoms with van der Waals surface area (Å²) < 4.78 is 1.74. The summed E-state index contributed by atoms with van der Waals surface area (Å²) in [6, 6.07) is 10.7. The fourth-order valence-corrected chi connectivity index (χ4v) is 4.12. The Labute approximate surface area is 181 Å². The van der Waals surface area contributed by atoms with Crippen molar-refractivity contribution in [1.82, 2.24) is 34.9 Å². The zero-order chi connectivity index (χ0) is 21.7. The van der Waals surface area contributed by atoms with E-state index in [0.717, 1.165) is 22.0 Å². The van der Waals surface area contributed by atoms with Gasteiger partial charge in [-0.15, -0.1) is 0 Å². The molecule has 0 bridgehead atoms. The molecule has 1 unspecified atom stereocenters. The Kier molecular flexibility index (Phi) is 3.94. The molecular formula is C23H16N8O. The first-order valence-corrected chi connectivity index (χ1v) is 9.98. The lowest BCUT2D eigenvalue weighted by Crippen LogP contribution is -2.30. The van der Waals surface area contributed by atoms with Crippen LogP contribution in [-0.2, 0) is 0 Å². The number of aromatic amines is 2. The topological polar surface area (TPSA) is 129 Å². The van der Waals surface area contributed by atoms with Gasteiger partial charge in [-0.1, -0.05) is 12.1 Å². The van der Waals surface area contributed by atoms with E-state index in [2.05, 4.69) is 25.3 Å². The fraction of sp³-hybridized carbons (Fsp3) is 0.0435. The lowest BCUT2D eigenvalue weighted by Gasteiger charge is -2.25. The van der Waals surface area contributed by atoms with E-state index in [-0.39, 0.29) is 16.8 Å².